The van der Waals surface area contributed by atoms with Crippen LogP contribution >= 0.6 is 23.1 Å². The number of ether oxygens (including phenoxy) is 1. The van der Waals surface area contributed by atoms with E-state index in [0.29, 0.717) is 16.9 Å². The maximum atomic E-state index is 13.3. The Bertz CT molecular complexity index is 1570. The Balaban J connectivity index is 1.45. The first-order chi connectivity index (χ1) is 19.8. The quantitative estimate of drug-likeness (QED) is 0.118. The van der Waals surface area contributed by atoms with Crippen LogP contribution < -0.4 is 16.0 Å². The van der Waals surface area contributed by atoms with E-state index < -0.39 is 23.0 Å². The third kappa shape index (κ3) is 8.17. The van der Waals surface area contributed by atoms with Crippen LogP contribution in [0.1, 0.15) is 33.2 Å². The van der Waals surface area contributed by atoms with Gasteiger partial charge in [-0.25, -0.2) is 4.79 Å². The van der Waals surface area contributed by atoms with E-state index >= 15 is 0 Å². The van der Waals surface area contributed by atoms with Gasteiger partial charge in [-0.05, 0) is 77.9 Å². The zero-order chi connectivity index (χ0) is 29.2. The highest BCUT2D eigenvalue weighted by Gasteiger charge is 2.19. The van der Waals surface area contributed by atoms with Crippen molar-refractivity contribution in [1.82, 2.24) is 5.32 Å². The molecule has 0 saturated carbocycles. The summed E-state index contributed by atoms with van der Waals surface area (Å²) in [4.78, 5) is 51.7. The summed E-state index contributed by atoms with van der Waals surface area (Å²) in [6, 6.07) is 24.2. The number of para-hydroxylation sites is 1. The van der Waals surface area contributed by atoms with Crippen molar-refractivity contribution in [1.29, 1.82) is 0 Å². The monoisotopic (exact) mass is 585 g/mol. The molecule has 10 heteroatoms. The molecule has 8 nitrogen and oxygen atoms in total. The van der Waals surface area contributed by atoms with Crippen molar-refractivity contribution in [2.75, 3.05) is 17.7 Å². The molecule has 3 amide bonds. The average molecular weight is 586 g/mol. The summed E-state index contributed by atoms with van der Waals surface area (Å²) in [6.45, 7) is 1.74. The van der Waals surface area contributed by atoms with Crippen molar-refractivity contribution < 1.29 is 23.9 Å². The van der Waals surface area contributed by atoms with E-state index in [1.165, 1.54) is 30.2 Å². The Hall–Kier alpha value is -4.67. The number of thioether (sulfide) groups is 1. The van der Waals surface area contributed by atoms with Crippen molar-refractivity contribution in [2.24, 2.45) is 0 Å². The number of carbonyl (C=O) groups is 4. The standard InChI is InChI=1S/C31H27N3O5S2/c1-20(28(35)33-26-14-7-6-13-25(26)31(38)39-2)41-24-12-8-11-23(18-24)32-30(37)27(17-21-15-16-40-19-21)34-29(36)22-9-4-3-5-10-22/h3-20H,1-2H3,(H,32,37)(H,33,35)(H,34,36)/b27-17+. The molecular formula is C31H27N3O5S2. The van der Waals surface area contributed by atoms with Gasteiger partial charge in [0.05, 0.1) is 23.6 Å². The molecule has 208 valence electrons. The molecule has 0 spiro atoms. The molecule has 1 aromatic heterocycles. The van der Waals surface area contributed by atoms with Crippen LogP contribution in [0.2, 0.25) is 0 Å². The maximum Gasteiger partial charge on any atom is 0.339 e. The first-order valence-electron chi connectivity index (χ1n) is 12.5. The van der Waals surface area contributed by atoms with Crippen molar-refractivity contribution in [3.8, 4) is 0 Å². The fraction of sp³-hybridized carbons (Fsp3) is 0.0968. The molecule has 0 aliphatic rings. The van der Waals surface area contributed by atoms with Gasteiger partial charge in [-0.3, -0.25) is 14.4 Å². The van der Waals surface area contributed by atoms with Crippen molar-refractivity contribution in [2.45, 2.75) is 17.1 Å². The number of carbonyl (C=O) groups excluding carboxylic acids is 4. The molecule has 0 radical (unpaired) electrons. The van der Waals surface area contributed by atoms with Crippen LogP contribution in [0.3, 0.4) is 0 Å². The minimum atomic E-state index is -0.544. The molecule has 0 fully saturated rings. The van der Waals surface area contributed by atoms with E-state index in [0.717, 1.165) is 10.5 Å². The Labute approximate surface area is 245 Å². The molecule has 1 atom stereocenters. The number of benzene rings is 3. The number of methoxy groups -OCH3 is 1. The first-order valence-corrected chi connectivity index (χ1v) is 14.3. The van der Waals surface area contributed by atoms with Crippen molar-refractivity contribution in [3.05, 3.63) is 118 Å². The number of esters is 1. The molecule has 1 heterocycles. The first kappa shape index (κ1) is 29.3. The minimum Gasteiger partial charge on any atom is -0.465 e. The second kappa shape index (κ2) is 14.1. The van der Waals surface area contributed by atoms with Gasteiger partial charge in [-0.2, -0.15) is 11.3 Å². The van der Waals surface area contributed by atoms with Gasteiger partial charge in [0.15, 0.2) is 0 Å². The number of anilines is 2. The van der Waals surface area contributed by atoms with Crippen LogP contribution in [0.5, 0.6) is 0 Å². The van der Waals surface area contributed by atoms with Crippen molar-refractivity contribution >= 4 is 64.2 Å². The number of hydrogen-bond acceptors (Lipinski definition) is 7. The van der Waals surface area contributed by atoms with Gasteiger partial charge in [-0.1, -0.05) is 36.4 Å². The molecule has 1 unspecified atom stereocenters. The second-order valence-electron chi connectivity index (χ2n) is 8.70. The zero-order valence-electron chi connectivity index (χ0n) is 22.3. The lowest BCUT2D eigenvalue weighted by Gasteiger charge is -2.15. The molecule has 4 aromatic rings. The Morgan fingerprint density at radius 1 is 0.902 bits per heavy atom. The summed E-state index contributed by atoms with van der Waals surface area (Å²) >= 11 is 2.77. The second-order valence-corrected chi connectivity index (χ2v) is 10.9. The molecule has 3 aromatic carbocycles. The van der Waals surface area contributed by atoms with Gasteiger partial charge < -0.3 is 20.7 Å². The number of thiophene rings is 1. The molecule has 3 N–H and O–H groups in total. The minimum absolute atomic E-state index is 0.0901. The summed E-state index contributed by atoms with van der Waals surface area (Å²) in [5.74, 6) is -1.74. The number of amides is 3. The van der Waals surface area contributed by atoms with Crippen LogP contribution in [-0.4, -0.2) is 36.1 Å². The molecule has 0 aliphatic carbocycles. The van der Waals surface area contributed by atoms with E-state index in [1.807, 2.05) is 29.0 Å². The molecule has 0 aliphatic heterocycles. The highest BCUT2D eigenvalue weighted by atomic mass is 32.2. The summed E-state index contributed by atoms with van der Waals surface area (Å²) in [7, 11) is 1.28. The molecule has 4 rings (SSSR count). The lowest BCUT2D eigenvalue weighted by Crippen LogP contribution is -2.30. The molecule has 0 saturated heterocycles. The fourth-order valence-electron chi connectivity index (χ4n) is 3.68. The molecule has 41 heavy (non-hydrogen) atoms. The third-order valence-corrected chi connectivity index (χ3v) is 7.54. The van der Waals surface area contributed by atoms with Gasteiger partial charge in [-0.15, -0.1) is 11.8 Å². The van der Waals surface area contributed by atoms with Crippen LogP contribution in [0, 0.1) is 0 Å². The van der Waals surface area contributed by atoms with Crippen LogP contribution in [0.25, 0.3) is 6.08 Å². The van der Waals surface area contributed by atoms with E-state index in [9.17, 15) is 19.2 Å². The van der Waals surface area contributed by atoms with Crippen molar-refractivity contribution in [3.63, 3.8) is 0 Å². The molecular weight excluding hydrogens is 558 g/mol. The third-order valence-electron chi connectivity index (χ3n) is 5.75. The van der Waals surface area contributed by atoms with Gasteiger partial charge >= 0.3 is 5.97 Å². The number of nitrogens with one attached hydrogen (secondary N) is 3. The number of rotatable bonds is 10. The Kier molecular flexibility index (Phi) is 10.1. The smallest absolute Gasteiger partial charge is 0.339 e. The van der Waals surface area contributed by atoms with E-state index in [1.54, 1.807) is 79.7 Å². The summed E-state index contributed by atoms with van der Waals surface area (Å²) in [5, 5.41) is 11.6. The SMILES string of the molecule is COC(=O)c1ccccc1NC(=O)C(C)Sc1cccc(NC(=O)/C(=C\c2ccsc2)NC(=O)c2ccccc2)c1. The van der Waals surface area contributed by atoms with Gasteiger partial charge in [0.1, 0.15) is 5.70 Å². The normalized spacial score (nSPS) is 11.7. The lowest BCUT2D eigenvalue weighted by molar-refractivity contribution is -0.115. The van der Waals surface area contributed by atoms with Crippen LogP contribution in [0.15, 0.2) is 106 Å². The van der Waals surface area contributed by atoms with Gasteiger partial charge in [0, 0.05) is 16.1 Å². The highest BCUT2D eigenvalue weighted by molar-refractivity contribution is 8.00. The lowest BCUT2D eigenvalue weighted by atomic mass is 10.2. The van der Waals surface area contributed by atoms with Crippen LogP contribution in [0.4, 0.5) is 11.4 Å². The summed E-state index contributed by atoms with van der Waals surface area (Å²) in [5.41, 5.74) is 2.42. The number of hydrogen-bond donors (Lipinski definition) is 3. The van der Waals surface area contributed by atoms with Gasteiger partial charge in [0.25, 0.3) is 11.8 Å². The van der Waals surface area contributed by atoms with E-state index in [-0.39, 0.29) is 17.2 Å². The Morgan fingerprint density at radius 2 is 1.66 bits per heavy atom. The molecule has 0 bridgehead atoms. The maximum absolute atomic E-state index is 13.3. The summed E-state index contributed by atoms with van der Waals surface area (Å²) < 4.78 is 4.79. The Morgan fingerprint density at radius 3 is 2.39 bits per heavy atom. The predicted molar refractivity (Wildman–Crippen MR) is 163 cm³/mol. The van der Waals surface area contributed by atoms with Crippen LogP contribution in [-0.2, 0) is 14.3 Å². The summed E-state index contributed by atoms with van der Waals surface area (Å²) in [6.07, 6.45) is 1.61. The largest absolute Gasteiger partial charge is 0.465 e. The van der Waals surface area contributed by atoms with Gasteiger partial charge in [0.2, 0.25) is 5.91 Å². The zero-order valence-corrected chi connectivity index (χ0v) is 23.9. The fourth-order valence-corrected chi connectivity index (χ4v) is 5.23. The van der Waals surface area contributed by atoms with E-state index in [2.05, 4.69) is 16.0 Å². The highest BCUT2D eigenvalue weighted by Crippen LogP contribution is 2.27. The van der Waals surface area contributed by atoms with E-state index in [4.69, 9.17) is 4.74 Å². The average Bonchev–Trinajstić information content (AvgIpc) is 3.50. The predicted octanol–water partition coefficient (Wildman–Crippen LogP) is 6.06. The topological polar surface area (TPSA) is 114 Å².